The summed E-state index contributed by atoms with van der Waals surface area (Å²) < 4.78 is 10.5. The van der Waals surface area contributed by atoms with Crippen LogP contribution in [0, 0.1) is 0 Å². The van der Waals surface area contributed by atoms with E-state index in [0.717, 1.165) is 5.56 Å². The number of rotatable bonds is 4. The molecule has 0 aliphatic rings. The molecule has 5 nitrogen and oxygen atoms in total. The van der Waals surface area contributed by atoms with Gasteiger partial charge in [0, 0.05) is 17.3 Å². The first-order valence-electron chi connectivity index (χ1n) is 6.83. The first-order chi connectivity index (χ1) is 9.71. The van der Waals surface area contributed by atoms with E-state index in [2.05, 4.69) is 5.32 Å². The number of hydrogen-bond acceptors (Lipinski definition) is 4. The second-order valence-electron chi connectivity index (χ2n) is 5.80. The first kappa shape index (κ1) is 17.0. The van der Waals surface area contributed by atoms with Crippen molar-refractivity contribution >= 4 is 17.9 Å². The number of anilines is 1. The fraction of sp³-hybridized carbons (Fsp3) is 0.438. The Kier molecular flexibility index (Phi) is 5.79. The van der Waals surface area contributed by atoms with Crippen LogP contribution in [0.2, 0.25) is 0 Å². The number of amides is 1. The average Bonchev–Trinajstić information content (AvgIpc) is 2.34. The predicted molar refractivity (Wildman–Crippen MR) is 85.5 cm³/mol. The molecule has 0 aliphatic carbocycles. The number of carbonyl (C=O) groups excluding carboxylic acids is 1. The molecule has 0 aliphatic heterocycles. The van der Waals surface area contributed by atoms with E-state index in [1.165, 1.54) is 0 Å². The van der Waals surface area contributed by atoms with Crippen LogP contribution in [0.3, 0.4) is 0 Å². The molecule has 21 heavy (non-hydrogen) atoms. The highest BCUT2D eigenvalue weighted by molar-refractivity contribution is 5.85. The largest absolute Gasteiger partial charge is 0.496 e. The standard InChI is InChI=1S/C16H24N2O3/c1-11(17)6-7-12-10-13(8-9-14(12)20-5)18-15(19)21-16(2,3)4/h6-11H,17H2,1-5H3,(H,18,19)/b7-6+. The number of hydrogen-bond donors (Lipinski definition) is 2. The summed E-state index contributed by atoms with van der Waals surface area (Å²) in [6.07, 6.45) is 3.23. The van der Waals surface area contributed by atoms with Crippen molar-refractivity contribution < 1.29 is 14.3 Å². The van der Waals surface area contributed by atoms with Crippen LogP contribution >= 0.6 is 0 Å². The van der Waals surface area contributed by atoms with Crippen molar-refractivity contribution in [2.45, 2.75) is 39.3 Å². The zero-order chi connectivity index (χ0) is 16.0. The van der Waals surface area contributed by atoms with Gasteiger partial charge in [0.25, 0.3) is 0 Å². The van der Waals surface area contributed by atoms with E-state index in [1.54, 1.807) is 19.2 Å². The maximum absolute atomic E-state index is 11.8. The molecule has 1 unspecified atom stereocenters. The number of nitrogens with one attached hydrogen (secondary N) is 1. The topological polar surface area (TPSA) is 73.6 Å². The van der Waals surface area contributed by atoms with Crippen LogP contribution in [0.15, 0.2) is 24.3 Å². The van der Waals surface area contributed by atoms with Gasteiger partial charge in [-0.2, -0.15) is 0 Å². The summed E-state index contributed by atoms with van der Waals surface area (Å²) in [4.78, 5) is 11.8. The summed E-state index contributed by atoms with van der Waals surface area (Å²) in [5.41, 5.74) is 6.64. The van der Waals surface area contributed by atoms with Gasteiger partial charge in [-0.3, -0.25) is 5.32 Å². The maximum Gasteiger partial charge on any atom is 0.412 e. The van der Waals surface area contributed by atoms with Crippen LogP contribution < -0.4 is 15.8 Å². The third-order valence-electron chi connectivity index (χ3n) is 2.45. The van der Waals surface area contributed by atoms with E-state index in [0.29, 0.717) is 11.4 Å². The third-order valence-corrected chi connectivity index (χ3v) is 2.45. The molecule has 0 fully saturated rings. The molecule has 5 heteroatoms. The maximum atomic E-state index is 11.8. The molecule has 116 valence electrons. The van der Waals surface area contributed by atoms with Crippen LogP contribution in [-0.4, -0.2) is 24.8 Å². The normalized spacial score (nSPS) is 13.0. The molecule has 0 saturated heterocycles. The molecular formula is C16H24N2O3. The van der Waals surface area contributed by atoms with Gasteiger partial charge in [0.15, 0.2) is 0 Å². The molecule has 0 spiro atoms. The fourth-order valence-corrected chi connectivity index (χ4v) is 1.62. The number of nitrogens with two attached hydrogens (primary N) is 1. The van der Waals surface area contributed by atoms with Gasteiger partial charge in [0.1, 0.15) is 11.4 Å². The van der Waals surface area contributed by atoms with E-state index in [9.17, 15) is 4.79 Å². The summed E-state index contributed by atoms with van der Waals surface area (Å²) in [7, 11) is 1.60. The number of methoxy groups -OCH3 is 1. The Labute approximate surface area is 126 Å². The minimum atomic E-state index is -0.533. The minimum Gasteiger partial charge on any atom is -0.496 e. The molecule has 0 bridgehead atoms. The van der Waals surface area contributed by atoms with E-state index in [1.807, 2.05) is 45.9 Å². The highest BCUT2D eigenvalue weighted by Gasteiger charge is 2.16. The van der Waals surface area contributed by atoms with Crippen molar-refractivity contribution in [1.82, 2.24) is 0 Å². The lowest BCUT2D eigenvalue weighted by atomic mass is 10.1. The second-order valence-corrected chi connectivity index (χ2v) is 5.80. The molecule has 1 aromatic rings. The van der Waals surface area contributed by atoms with E-state index in [4.69, 9.17) is 15.2 Å². The zero-order valence-corrected chi connectivity index (χ0v) is 13.3. The highest BCUT2D eigenvalue weighted by atomic mass is 16.6. The van der Waals surface area contributed by atoms with Gasteiger partial charge >= 0.3 is 6.09 Å². The SMILES string of the molecule is COc1ccc(NC(=O)OC(C)(C)C)cc1/C=C/C(C)N. The lowest BCUT2D eigenvalue weighted by Crippen LogP contribution is -2.27. The third kappa shape index (κ3) is 6.31. The summed E-state index contributed by atoms with van der Waals surface area (Å²) in [5, 5.41) is 2.70. The monoisotopic (exact) mass is 292 g/mol. The van der Waals surface area contributed by atoms with Crippen molar-refractivity contribution in [2.75, 3.05) is 12.4 Å². The molecule has 3 N–H and O–H groups in total. The van der Waals surface area contributed by atoms with Crippen LogP contribution in [-0.2, 0) is 4.74 Å². The highest BCUT2D eigenvalue weighted by Crippen LogP contribution is 2.24. The Balaban J connectivity index is 2.90. The zero-order valence-electron chi connectivity index (χ0n) is 13.3. The van der Waals surface area contributed by atoms with Crippen molar-refractivity contribution in [2.24, 2.45) is 5.73 Å². The Morgan fingerprint density at radius 2 is 2.05 bits per heavy atom. The van der Waals surface area contributed by atoms with Crippen molar-refractivity contribution in [1.29, 1.82) is 0 Å². The lowest BCUT2D eigenvalue weighted by molar-refractivity contribution is 0.0636. The molecule has 0 aromatic heterocycles. The molecule has 1 rings (SSSR count). The number of carbonyl (C=O) groups is 1. The minimum absolute atomic E-state index is 0.0582. The molecule has 0 radical (unpaired) electrons. The first-order valence-corrected chi connectivity index (χ1v) is 6.83. The fourth-order valence-electron chi connectivity index (χ4n) is 1.62. The summed E-state index contributed by atoms with van der Waals surface area (Å²) >= 11 is 0. The number of ether oxygens (including phenoxy) is 2. The molecule has 1 amide bonds. The van der Waals surface area contributed by atoms with Gasteiger partial charge in [-0.25, -0.2) is 4.79 Å². The second kappa shape index (κ2) is 7.13. The Hall–Kier alpha value is -2.01. The molecule has 0 saturated carbocycles. The van der Waals surface area contributed by atoms with Gasteiger partial charge in [-0.15, -0.1) is 0 Å². The van der Waals surface area contributed by atoms with Crippen molar-refractivity contribution in [3.05, 3.63) is 29.8 Å². The quantitative estimate of drug-likeness (QED) is 0.892. The predicted octanol–water partition coefficient (Wildman–Crippen LogP) is 3.40. The van der Waals surface area contributed by atoms with Crippen LogP contribution in [0.25, 0.3) is 6.08 Å². The van der Waals surface area contributed by atoms with Gasteiger partial charge < -0.3 is 15.2 Å². The van der Waals surface area contributed by atoms with Crippen LogP contribution in [0.4, 0.5) is 10.5 Å². The summed E-state index contributed by atoms with van der Waals surface area (Å²) in [6, 6.07) is 5.29. The van der Waals surface area contributed by atoms with Gasteiger partial charge in [-0.05, 0) is 45.9 Å². The Morgan fingerprint density at radius 3 is 2.57 bits per heavy atom. The van der Waals surface area contributed by atoms with Crippen LogP contribution in [0.1, 0.15) is 33.3 Å². The Bertz CT molecular complexity index is 517. The molecule has 0 heterocycles. The summed E-state index contributed by atoms with van der Waals surface area (Å²) in [6.45, 7) is 7.33. The van der Waals surface area contributed by atoms with E-state index < -0.39 is 11.7 Å². The van der Waals surface area contributed by atoms with E-state index >= 15 is 0 Å². The average molecular weight is 292 g/mol. The van der Waals surface area contributed by atoms with Crippen molar-refractivity contribution in [3.8, 4) is 5.75 Å². The van der Waals surface area contributed by atoms with Crippen molar-refractivity contribution in [3.63, 3.8) is 0 Å². The summed E-state index contributed by atoms with van der Waals surface area (Å²) in [5.74, 6) is 0.710. The molecule has 1 atom stereocenters. The number of benzene rings is 1. The van der Waals surface area contributed by atoms with Gasteiger partial charge in [-0.1, -0.05) is 12.2 Å². The molecule has 1 aromatic carbocycles. The lowest BCUT2D eigenvalue weighted by Gasteiger charge is -2.20. The molecular weight excluding hydrogens is 268 g/mol. The van der Waals surface area contributed by atoms with Crippen LogP contribution in [0.5, 0.6) is 5.75 Å². The Morgan fingerprint density at radius 1 is 1.38 bits per heavy atom. The van der Waals surface area contributed by atoms with Gasteiger partial charge in [0.05, 0.1) is 7.11 Å². The van der Waals surface area contributed by atoms with Gasteiger partial charge in [0.2, 0.25) is 0 Å². The smallest absolute Gasteiger partial charge is 0.412 e. The van der Waals surface area contributed by atoms with E-state index in [-0.39, 0.29) is 6.04 Å².